The Kier molecular flexibility index (Phi) is 3.18. The molecule has 1 aliphatic heterocycles. The number of nitriles is 1. The number of anilines is 1. The van der Waals surface area contributed by atoms with Crippen LogP contribution in [0.4, 0.5) is 10.1 Å². The number of hydrogen-bond acceptors (Lipinski definition) is 3. The Morgan fingerprint density at radius 3 is 2.95 bits per heavy atom. The zero-order valence-electron chi connectivity index (χ0n) is 11.8. The molecule has 3 atom stereocenters. The Bertz CT molecular complexity index is 564. The van der Waals surface area contributed by atoms with E-state index in [1.54, 1.807) is 12.1 Å². The van der Waals surface area contributed by atoms with Gasteiger partial charge in [0.2, 0.25) is 0 Å². The van der Waals surface area contributed by atoms with Gasteiger partial charge < -0.3 is 10.1 Å². The summed E-state index contributed by atoms with van der Waals surface area (Å²) in [6.07, 6.45) is 2.48. The van der Waals surface area contributed by atoms with Gasteiger partial charge in [-0.2, -0.15) is 5.26 Å². The minimum atomic E-state index is -0.361. The van der Waals surface area contributed by atoms with E-state index < -0.39 is 0 Å². The summed E-state index contributed by atoms with van der Waals surface area (Å²) in [6.45, 7) is 5.17. The highest BCUT2D eigenvalue weighted by molar-refractivity contribution is 5.50. The van der Waals surface area contributed by atoms with Crippen molar-refractivity contribution in [2.24, 2.45) is 11.3 Å². The fourth-order valence-electron chi connectivity index (χ4n) is 3.68. The van der Waals surface area contributed by atoms with Crippen molar-refractivity contribution in [2.75, 3.05) is 11.9 Å². The monoisotopic (exact) mass is 274 g/mol. The molecule has 1 aliphatic carbocycles. The normalized spacial score (nSPS) is 30.8. The summed E-state index contributed by atoms with van der Waals surface area (Å²) in [5.41, 5.74) is 0.830. The zero-order valence-corrected chi connectivity index (χ0v) is 11.8. The Hall–Kier alpha value is -1.60. The summed E-state index contributed by atoms with van der Waals surface area (Å²) in [6, 6.07) is 6.75. The molecular formula is C16H19FN2O. The minimum Gasteiger partial charge on any atom is -0.379 e. The molecule has 1 aromatic rings. The lowest BCUT2D eigenvalue weighted by Crippen LogP contribution is -2.67. The number of fused-ring (bicyclic) bond motifs is 1. The van der Waals surface area contributed by atoms with E-state index in [4.69, 9.17) is 10.00 Å². The summed E-state index contributed by atoms with van der Waals surface area (Å²) in [5.74, 6) is 0.0915. The summed E-state index contributed by atoms with van der Waals surface area (Å²) >= 11 is 0. The second kappa shape index (κ2) is 4.75. The highest BCUT2D eigenvalue weighted by Crippen LogP contribution is 2.52. The molecule has 3 rings (SSSR count). The predicted octanol–water partition coefficient (Wildman–Crippen LogP) is 3.31. The van der Waals surface area contributed by atoms with Crippen molar-refractivity contribution in [3.8, 4) is 6.07 Å². The van der Waals surface area contributed by atoms with Gasteiger partial charge in [0.25, 0.3) is 0 Å². The van der Waals surface area contributed by atoms with E-state index >= 15 is 0 Å². The van der Waals surface area contributed by atoms with Crippen molar-refractivity contribution in [2.45, 2.75) is 38.8 Å². The molecule has 20 heavy (non-hydrogen) atoms. The van der Waals surface area contributed by atoms with E-state index in [-0.39, 0.29) is 23.4 Å². The smallest absolute Gasteiger partial charge is 0.147 e. The van der Waals surface area contributed by atoms with Gasteiger partial charge in [-0.25, -0.2) is 4.39 Å². The number of benzene rings is 1. The lowest BCUT2D eigenvalue weighted by molar-refractivity contribution is -0.177. The van der Waals surface area contributed by atoms with Crippen molar-refractivity contribution in [3.05, 3.63) is 29.6 Å². The van der Waals surface area contributed by atoms with Crippen LogP contribution in [0.3, 0.4) is 0 Å². The van der Waals surface area contributed by atoms with Crippen LogP contribution in [0.25, 0.3) is 0 Å². The van der Waals surface area contributed by atoms with Gasteiger partial charge in [0.05, 0.1) is 23.4 Å². The van der Waals surface area contributed by atoms with Crippen molar-refractivity contribution in [1.29, 1.82) is 5.26 Å². The summed E-state index contributed by atoms with van der Waals surface area (Å²) < 4.78 is 19.8. The number of halogens is 1. The highest BCUT2D eigenvalue weighted by atomic mass is 19.1. The Labute approximate surface area is 118 Å². The molecule has 0 aromatic heterocycles. The van der Waals surface area contributed by atoms with Crippen molar-refractivity contribution < 1.29 is 9.13 Å². The molecule has 0 radical (unpaired) electrons. The van der Waals surface area contributed by atoms with Crippen molar-refractivity contribution in [3.63, 3.8) is 0 Å². The molecule has 106 valence electrons. The highest BCUT2D eigenvalue weighted by Gasteiger charge is 2.58. The minimum absolute atomic E-state index is 0.00538. The number of nitrogens with zero attached hydrogens (tertiary/aromatic N) is 1. The lowest BCUT2D eigenvalue weighted by atomic mass is 9.55. The van der Waals surface area contributed by atoms with Crippen LogP contribution >= 0.6 is 0 Å². The van der Waals surface area contributed by atoms with Crippen LogP contribution in [-0.4, -0.2) is 18.8 Å². The van der Waals surface area contributed by atoms with Crippen LogP contribution < -0.4 is 5.32 Å². The molecule has 3 nitrogen and oxygen atoms in total. The molecule has 1 heterocycles. The molecule has 4 heteroatoms. The van der Waals surface area contributed by atoms with Gasteiger partial charge in [-0.3, -0.25) is 0 Å². The number of rotatable bonds is 2. The third kappa shape index (κ3) is 1.97. The van der Waals surface area contributed by atoms with Gasteiger partial charge >= 0.3 is 0 Å². The van der Waals surface area contributed by atoms with Gasteiger partial charge in [0.15, 0.2) is 0 Å². The number of hydrogen-bond donors (Lipinski definition) is 1. The summed E-state index contributed by atoms with van der Waals surface area (Å²) in [7, 11) is 0. The molecule has 1 saturated heterocycles. The molecule has 1 N–H and O–H groups in total. The maximum atomic E-state index is 14.0. The lowest BCUT2D eigenvalue weighted by Gasteiger charge is -2.60. The Balaban J connectivity index is 1.79. The second-order valence-corrected chi connectivity index (χ2v) is 6.35. The maximum absolute atomic E-state index is 14.0. The van der Waals surface area contributed by atoms with Crippen LogP contribution in [-0.2, 0) is 4.74 Å². The largest absolute Gasteiger partial charge is 0.379 e. The van der Waals surface area contributed by atoms with Gasteiger partial charge in [-0.1, -0.05) is 13.8 Å². The molecule has 1 aromatic carbocycles. The molecule has 1 saturated carbocycles. The topological polar surface area (TPSA) is 45.0 Å². The molecule has 2 fully saturated rings. The maximum Gasteiger partial charge on any atom is 0.147 e. The number of nitrogens with one attached hydrogen (secondary N) is 1. The average molecular weight is 274 g/mol. The standard InChI is InChI=1S/C16H19FN2O/c1-16(2)14(11-4-3-7-20-15(11)16)19-13-6-5-10(9-18)8-12(13)17/h5-6,8,11,14-15,19H,3-4,7H2,1-2H3. The fraction of sp³-hybridized carbons (Fsp3) is 0.562. The SMILES string of the molecule is CC1(C)C(Nc2ccc(C#N)cc2F)C2CCCOC21. The van der Waals surface area contributed by atoms with Crippen molar-refractivity contribution in [1.82, 2.24) is 0 Å². The molecule has 0 spiro atoms. The first-order valence-electron chi connectivity index (χ1n) is 7.12. The molecular weight excluding hydrogens is 255 g/mol. The van der Waals surface area contributed by atoms with Gasteiger partial charge in [0.1, 0.15) is 5.82 Å². The second-order valence-electron chi connectivity index (χ2n) is 6.35. The Morgan fingerprint density at radius 1 is 1.45 bits per heavy atom. The van der Waals surface area contributed by atoms with E-state index in [9.17, 15) is 4.39 Å². The van der Waals surface area contributed by atoms with Crippen LogP contribution in [0.2, 0.25) is 0 Å². The first-order valence-corrected chi connectivity index (χ1v) is 7.12. The Morgan fingerprint density at radius 2 is 2.25 bits per heavy atom. The zero-order chi connectivity index (χ0) is 14.3. The summed E-state index contributed by atoms with van der Waals surface area (Å²) in [5, 5.41) is 12.1. The molecule has 0 bridgehead atoms. The van der Waals surface area contributed by atoms with E-state index in [1.165, 1.54) is 6.07 Å². The molecule has 0 amide bonds. The number of ether oxygens (including phenoxy) is 1. The van der Waals surface area contributed by atoms with Crippen LogP contribution in [0, 0.1) is 28.5 Å². The van der Waals surface area contributed by atoms with E-state index in [0.29, 0.717) is 17.2 Å². The van der Waals surface area contributed by atoms with Crippen LogP contribution in [0.1, 0.15) is 32.3 Å². The van der Waals surface area contributed by atoms with E-state index in [0.717, 1.165) is 19.4 Å². The average Bonchev–Trinajstić information content (AvgIpc) is 2.45. The quantitative estimate of drug-likeness (QED) is 0.900. The first-order chi connectivity index (χ1) is 9.54. The first kappa shape index (κ1) is 13.4. The van der Waals surface area contributed by atoms with E-state index in [1.807, 2.05) is 6.07 Å². The van der Waals surface area contributed by atoms with Gasteiger partial charge in [0, 0.05) is 24.0 Å². The predicted molar refractivity (Wildman–Crippen MR) is 74.8 cm³/mol. The van der Waals surface area contributed by atoms with Crippen LogP contribution in [0.15, 0.2) is 18.2 Å². The van der Waals surface area contributed by atoms with Gasteiger partial charge in [-0.05, 0) is 31.0 Å². The van der Waals surface area contributed by atoms with Crippen LogP contribution in [0.5, 0.6) is 0 Å². The summed E-state index contributed by atoms with van der Waals surface area (Å²) in [4.78, 5) is 0. The third-order valence-electron chi connectivity index (χ3n) is 4.74. The van der Waals surface area contributed by atoms with Gasteiger partial charge in [-0.15, -0.1) is 0 Å². The van der Waals surface area contributed by atoms with Crippen molar-refractivity contribution >= 4 is 5.69 Å². The third-order valence-corrected chi connectivity index (χ3v) is 4.74. The molecule has 3 unspecified atom stereocenters. The van der Waals surface area contributed by atoms with E-state index in [2.05, 4.69) is 19.2 Å². The molecule has 2 aliphatic rings. The fourth-order valence-corrected chi connectivity index (χ4v) is 3.68.